The number of amides is 1. The van der Waals surface area contributed by atoms with Crippen LogP contribution in [0.25, 0.3) is 0 Å². The molecular formula is C23H34N6O4S. The summed E-state index contributed by atoms with van der Waals surface area (Å²) in [5.41, 5.74) is 0.233. The fraction of sp³-hybridized carbons (Fsp3) is 0.522. The lowest BCUT2D eigenvalue weighted by Crippen LogP contribution is -2.43. The molecule has 1 amide bonds. The van der Waals surface area contributed by atoms with Gasteiger partial charge in [-0.05, 0) is 70.8 Å². The molecule has 11 heteroatoms. The molecule has 0 spiro atoms. The Bertz CT molecular complexity index is 1080. The van der Waals surface area contributed by atoms with Crippen molar-refractivity contribution >= 4 is 33.4 Å². The highest BCUT2D eigenvalue weighted by Crippen LogP contribution is 2.24. The largest absolute Gasteiger partial charge is 0.444 e. The number of carbonyl (C=O) groups is 1. The molecule has 34 heavy (non-hydrogen) atoms. The summed E-state index contributed by atoms with van der Waals surface area (Å²) >= 11 is 0. The molecule has 10 nitrogen and oxygen atoms in total. The van der Waals surface area contributed by atoms with Crippen molar-refractivity contribution in [2.45, 2.75) is 44.1 Å². The summed E-state index contributed by atoms with van der Waals surface area (Å²) in [6.07, 6.45) is 3.06. The maximum atomic E-state index is 12.3. The number of ether oxygens (including phenoxy) is 1. The summed E-state index contributed by atoms with van der Waals surface area (Å²) in [4.78, 5) is 25.0. The highest BCUT2D eigenvalue weighted by Gasteiger charge is 2.27. The Hall–Kier alpha value is -2.92. The first-order valence-electron chi connectivity index (χ1n) is 11.3. The predicted octanol–water partition coefficient (Wildman–Crippen LogP) is 3.21. The number of rotatable bonds is 7. The Labute approximate surface area is 201 Å². The topological polar surface area (TPSA) is 117 Å². The predicted molar refractivity (Wildman–Crippen MR) is 132 cm³/mol. The second kappa shape index (κ2) is 10.6. The fourth-order valence-electron chi connectivity index (χ4n) is 3.71. The quantitative estimate of drug-likeness (QED) is 0.608. The van der Waals surface area contributed by atoms with Crippen molar-refractivity contribution in [2.24, 2.45) is 5.92 Å². The molecule has 186 valence electrons. The summed E-state index contributed by atoms with van der Waals surface area (Å²) in [5.74, 6) is 1.83. The molecule has 0 unspecified atom stereocenters. The van der Waals surface area contributed by atoms with Gasteiger partial charge >= 0.3 is 6.09 Å². The van der Waals surface area contributed by atoms with Crippen molar-refractivity contribution in [1.82, 2.24) is 19.6 Å². The highest BCUT2D eigenvalue weighted by atomic mass is 32.2. The lowest BCUT2D eigenvalue weighted by Gasteiger charge is -2.35. The Balaban J connectivity index is 1.55. The van der Waals surface area contributed by atoms with Gasteiger partial charge in [-0.1, -0.05) is 0 Å². The van der Waals surface area contributed by atoms with Gasteiger partial charge in [0.15, 0.2) is 0 Å². The monoisotopic (exact) mass is 490 g/mol. The van der Waals surface area contributed by atoms with Crippen LogP contribution in [0.3, 0.4) is 0 Å². The molecule has 2 heterocycles. The van der Waals surface area contributed by atoms with Gasteiger partial charge in [-0.3, -0.25) is 0 Å². The second-order valence-corrected chi connectivity index (χ2v) is 11.3. The van der Waals surface area contributed by atoms with Crippen LogP contribution in [0.1, 0.15) is 33.6 Å². The average molecular weight is 491 g/mol. The molecule has 1 aromatic heterocycles. The van der Waals surface area contributed by atoms with Gasteiger partial charge in [0, 0.05) is 38.4 Å². The molecule has 0 atom stereocenters. The molecule has 1 fully saturated rings. The van der Waals surface area contributed by atoms with Gasteiger partial charge in [-0.2, -0.15) is 0 Å². The van der Waals surface area contributed by atoms with Crippen molar-refractivity contribution in [3.05, 3.63) is 36.7 Å². The minimum absolute atomic E-state index is 0.196. The zero-order valence-corrected chi connectivity index (χ0v) is 21.2. The normalized spacial score (nSPS) is 15.1. The summed E-state index contributed by atoms with van der Waals surface area (Å²) in [6, 6.07) is 8.30. The van der Waals surface area contributed by atoms with E-state index in [9.17, 15) is 13.2 Å². The number of likely N-dealkylation sites (tertiary alicyclic amines) is 1. The van der Waals surface area contributed by atoms with Crippen molar-refractivity contribution < 1.29 is 17.9 Å². The molecule has 2 aromatic rings. The van der Waals surface area contributed by atoms with Crippen LogP contribution < -0.4 is 14.9 Å². The molecule has 1 saturated heterocycles. The zero-order chi connectivity index (χ0) is 24.9. The first kappa shape index (κ1) is 25.7. The van der Waals surface area contributed by atoms with E-state index < -0.39 is 15.6 Å². The second-order valence-electron chi connectivity index (χ2n) is 9.41. The number of sulfonamides is 1. The first-order valence-corrected chi connectivity index (χ1v) is 12.8. The number of anilines is 3. The van der Waals surface area contributed by atoms with Gasteiger partial charge in [0.2, 0.25) is 10.0 Å². The third-order valence-corrected chi connectivity index (χ3v) is 6.98. The molecule has 0 aliphatic carbocycles. The van der Waals surface area contributed by atoms with E-state index in [1.807, 2.05) is 33.9 Å². The van der Waals surface area contributed by atoms with Crippen molar-refractivity contribution in [3.8, 4) is 0 Å². The van der Waals surface area contributed by atoms with E-state index in [1.165, 1.54) is 25.5 Å². The smallest absolute Gasteiger partial charge is 0.410 e. The van der Waals surface area contributed by atoms with E-state index in [0.29, 0.717) is 24.8 Å². The number of nitrogens with zero attached hydrogens (tertiary/aromatic N) is 4. The van der Waals surface area contributed by atoms with Crippen molar-refractivity contribution in [1.29, 1.82) is 0 Å². The van der Waals surface area contributed by atoms with E-state index in [0.717, 1.165) is 30.9 Å². The zero-order valence-electron chi connectivity index (χ0n) is 20.4. The summed E-state index contributed by atoms with van der Waals surface area (Å²) in [5, 5.41) is 3.19. The standard InChI is InChI=1S/C23H34N6O4S/c1-23(2,3)33-22(30)29-12-10-17(11-13-29)15-28(5)21-14-20(25-16-26-21)27-18-6-8-19(9-7-18)34(31,32)24-4/h6-9,14,16-17,24H,10-13,15H2,1-5H3,(H,25,26,27). The molecule has 0 radical (unpaired) electrons. The van der Waals surface area contributed by atoms with Crippen LogP contribution >= 0.6 is 0 Å². The lowest BCUT2D eigenvalue weighted by molar-refractivity contribution is 0.0186. The highest BCUT2D eigenvalue weighted by molar-refractivity contribution is 7.89. The summed E-state index contributed by atoms with van der Waals surface area (Å²) in [6.45, 7) is 7.81. The number of nitrogens with one attached hydrogen (secondary N) is 2. The molecule has 3 rings (SSSR count). The molecule has 0 saturated carbocycles. The average Bonchev–Trinajstić information content (AvgIpc) is 2.79. The van der Waals surface area contributed by atoms with E-state index in [4.69, 9.17) is 4.74 Å². The Kier molecular flexibility index (Phi) is 7.98. The van der Waals surface area contributed by atoms with Crippen molar-refractivity contribution in [3.63, 3.8) is 0 Å². The molecule has 0 bridgehead atoms. The van der Waals surface area contributed by atoms with Crippen LogP contribution in [0.2, 0.25) is 0 Å². The maximum absolute atomic E-state index is 12.3. The lowest BCUT2D eigenvalue weighted by atomic mass is 9.96. The van der Waals surface area contributed by atoms with Crippen LogP contribution in [0.15, 0.2) is 41.6 Å². The van der Waals surface area contributed by atoms with Gasteiger partial charge in [0.05, 0.1) is 4.90 Å². The molecule has 2 N–H and O–H groups in total. The van der Waals surface area contributed by atoms with E-state index in [1.54, 1.807) is 17.0 Å². The molecule has 1 aliphatic heterocycles. The van der Waals surface area contributed by atoms with Crippen LogP contribution in [0, 0.1) is 5.92 Å². The van der Waals surface area contributed by atoms with Gasteiger partial charge in [-0.15, -0.1) is 0 Å². The van der Waals surface area contributed by atoms with E-state index in [-0.39, 0.29) is 11.0 Å². The minimum atomic E-state index is -3.48. The number of hydrogen-bond acceptors (Lipinski definition) is 8. The Morgan fingerprint density at radius 1 is 1.18 bits per heavy atom. The number of piperidine rings is 1. The van der Waals surface area contributed by atoms with Crippen molar-refractivity contribution in [2.75, 3.05) is 43.9 Å². The Morgan fingerprint density at radius 3 is 2.41 bits per heavy atom. The number of carbonyl (C=O) groups excluding carboxylic acids is 1. The Morgan fingerprint density at radius 2 is 1.82 bits per heavy atom. The van der Waals surface area contributed by atoms with Crippen LogP contribution in [0.4, 0.5) is 22.1 Å². The number of hydrogen-bond donors (Lipinski definition) is 2. The third kappa shape index (κ3) is 7.04. The number of benzene rings is 1. The van der Waals surface area contributed by atoms with Crippen LogP contribution in [-0.2, 0) is 14.8 Å². The molecule has 1 aromatic carbocycles. The first-order chi connectivity index (χ1) is 16.0. The van der Waals surface area contributed by atoms with Gasteiger partial charge in [0.1, 0.15) is 23.6 Å². The van der Waals surface area contributed by atoms with Gasteiger partial charge in [0.25, 0.3) is 0 Å². The maximum Gasteiger partial charge on any atom is 0.410 e. The van der Waals surface area contributed by atoms with Gasteiger partial charge < -0.3 is 19.9 Å². The summed E-state index contributed by atoms with van der Waals surface area (Å²) in [7, 11) is -0.106. The third-order valence-electron chi connectivity index (χ3n) is 5.55. The van der Waals surface area contributed by atoms with Crippen LogP contribution in [-0.4, -0.2) is 68.7 Å². The SMILES string of the molecule is CNS(=O)(=O)c1ccc(Nc2cc(N(C)CC3CCN(C(=O)OC(C)(C)C)CC3)ncn2)cc1. The van der Waals surface area contributed by atoms with Gasteiger partial charge in [-0.25, -0.2) is 27.9 Å². The van der Waals surface area contributed by atoms with E-state index >= 15 is 0 Å². The van der Waals surface area contributed by atoms with E-state index in [2.05, 4.69) is 24.9 Å². The molecule has 1 aliphatic rings. The number of aromatic nitrogens is 2. The van der Waals surface area contributed by atoms with Crippen LogP contribution in [0.5, 0.6) is 0 Å². The minimum Gasteiger partial charge on any atom is -0.444 e. The molecular weight excluding hydrogens is 456 g/mol. The summed E-state index contributed by atoms with van der Waals surface area (Å²) < 4.78 is 31.5. The fourth-order valence-corrected chi connectivity index (χ4v) is 4.44.